The highest BCUT2D eigenvalue weighted by molar-refractivity contribution is 8.01. The molecular weight excluding hydrogens is 364 g/mol. The van der Waals surface area contributed by atoms with Crippen molar-refractivity contribution in [3.63, 3.8) is 0 Å². The van der Waals surface area contributed by atoms with Gasteiger partial charge in [0.1, 0.15) is 12.4 Å². The molecule has 1 atom stereocenters. The quantitative estimate of drug-likeness (QED) is 0.613. The summed E-state index contributed by atoms with van der Waals surface area (Å²) in [5.74, 6) is 1.17. The van der Waals surface area contributed by atoms with Gasteiger partial charge in [0.2, 0.25) is 5.91 Å². The molecule has 0 spiro atoms. The number of aryl methyl sites for hydroxylation is 1. The van der Waals surface area contributed by atoms with Crippen LogP contribution >= 0.6 is 23.1 Å². The number of amides is 1. The van der Waals surface area contributed by atoms with Gasteiger partial charge in [-0.3, -0.25) is 9.69 Å². The lowest BCUT2D eigenvalue weighted by atomic mass is 10.0. The number of nitrogens with zero attached hydrogens (tertiary/aromatic N) is 2. The first-order valence-electron chi connectivity index (χ1n) is 8.36. The van der Waals surface area contributed by atoms with Gasteiger partial charge in [0.05, 0.1) is 17.5 Å². The number of thiazole rings is 1. The number of fused-ring (bicyclic) bond motifs is 1. The molecule has 1 amide bonds. The Morgan fingerprint density at radius 1 is 1.23 bits per heavy atom. The fourth-order valence-corrected chi connectivity index (χ4v) is 4.72. The number of benzene rings is 2. The number of carbonyl (C=O) groups is 1. The van der Waals surface area contributed by atoms with Crippen molar-refractivity contribution in [1.82, 2.24) is 4.98 Å². The fourth-order valence-electron chi connectivity index (χ4n) is 3.01. The van der Waals surface area contributed by atoms with Gasteiger partial charge in [0, 0.05) is 11.1 Å². The summed E-state index contributed by atoms with van der Waals surface area (Å²) in [7, 11) is 0. The van der Waals surface area contributed by atoms with Gasteiger partial charge in [0.15, 0.2) is 4.34 Å². The number of hydrogen-bond acceptors (Lipinski definition) is 5. The molecule has 0 saturated carbocycles. The van der Waals surface area contributed by atoms with Gasteiger partial charge in [-0.2, -0.15) is 0 Å². The second-order valence-corrected chi connectivity index (χ2v) is 8.09. The molecule has 3 aromatic rings. The number of aromatic nitrogens is 1. The van der Waals surface area contributed by atoms with E-state index in [0.29, 0.717) is 12.4 Å². The highest BCUT2D eigenvalue weighted by Crippen LogP contribution is 2.39. The molecular formula is C20H18N2O2S2. The first-order valence-corrected chi connectivity index (χ1v) is 10.2. The van der Waals surface area contributed by atoms with Gasteiger partial charge < -0.3 is 4.74 Å². The SMILES string of the molecule is Cc1csc(SCC(=O)N2c3ccccc3OC[C@@H]2c2ccccc2)n1. The lowest BCUT2D eigenvalue weighted by Gasteiger charge is -2.37. The third kappa shape index (κ3) is 3.48. The molecule has 1 aliphatic rings. The monoisotopic (exact) mass is 382 g/mol. The van der Waals surface area contributed by atoms with Crippen LogP contribution in [0.5, 0.6) is 5.75 Å². The third-order valence-corrected chi connectivity index (χ3v) is 6.33. The molecule has 4 nitrogen and oxygen atoms in total. The summed E-state index contributed by atoms with van der Waals surface area (Å²) in [6.07, 6.45) is 0. The molecule has 0 saturated heterocycles. The molecule has 4 rings (SSSR count). The van der Waals surface area contributed by atoms with E-state index in [-0.39, 0.29) is 11.9 Å². The molecule has 1 aliphatic heterocycles. The Bertz CT molecular complexity index is 911. The van der Waals surface area contributed by atoms with Gasteiger partial charge in [-0.15, -0.1) is 11.3 Å². The first-order chi connectivity index (χ1) is 12.7. The van der Waals surface area contributed by atoms with Crippen LogP contribution in [0.4, 0.5) is 5.69 Å². The molecule has 0 N–H and O–H groups in total. The number of hydrogen-bond donors (Lipinski definition) is 0. The number of rotatable bonds is 4. The summed E-state index contributed by atoms with van der Waals surface area (Å²) in [4.78, 5) is 19.5. The van der Waals surface area contributed by atoms with Gasteiger partial charge in [-0.05, 0) is 24.6 Å². The lowest BCUT2D eigenvalue weighted by molar-refractivity contribution is -0.117. The molecule has 132 valence electrons. The smallest absolute Gasteiger partial charge is 0.238 e. The van der Waals surface area contributed by atoms with Crippen LogP contribution in [0.3, 0.4) is 0 Å². The maximum Gasteiger partial charge on any atom is 0.238 e. The first kappa shape index (κ1) is 17.1. The third-order valence-electron chi connectivity index (χ3n) is 4.20. The van der Waals surface area contributed by atoms with E-state index in [1.54, 1.807) is 11.3 Å². The van der Waals surface area contributed by atoms with Crippen LogP contribution < -0.4 is 9.64 Å². The van der Waals surface area contributed by atoms with Crippen molar-refractivity contribution in [2.24, 2.45) is 0 Å². The van der Waals surface area contributed by atoms with Crippen molar-refractivity contribution in [2.45, 2.75) is 17.3 Å². The second kappa shape index (κ2) is 7.51. The predicted octanol–water partition coefficient (Wildman–Crippen LogP) is 4.71. The zero-order valence-corrected chi connectivity index (χ0v) is 15.9. The van der Waals surface area contributed by atoms with Crippen molar-refractivity contribution in [2.75, 3.05) is 17.3 Å². The number of thioether (sulfide) groups is 1. The standard InChI is InChI=1S/C20H18N2O2S2/c1-14-12-25-20(21-14)26-13-19(23)22-16-9-5-6-10-18(16)24-11-17(22)15-7-3-2-4-8-15/h2-10,12,17H,11,13H2,1H3/t17-/m1/s1. The Balaban J connectivity index is 1.62. The summed E-state index contributed by atoms with van der Waals surface area (Å²) in [6, 6.07) is 17.6. The van der Waals surface area contributed by atoms with Gasteiger partial charge >= 0.3 is 0 Å². The van der Waals surface area contributed by atoms with E-state index in [0.717, 1.165) is 27.0 Å². The summed E-state index contributed by atoms with van der Waals surface area (Å²) in [5.41, 5.74) is 2.89. The zero-order valence-electron chi connectivity index (χ0n) is 14.3. The molecule has 0 aliphatic carbocycles. The van der Waals surface area contributed by atoms with E-state index in [4.69, 9.17) is 4.74 Å². The van der Waals surface area contributed by atoms with Gasteiger partial charge in [-0.25, -0.2) is 4.98 Å². The molecule has 0 fully saturated rings. The van der Waals surface area contributed by atoms with Crippen molar-refractivity contribution in [3.05, 3.63) is 71.2 Å². The van der Waals surface area contributed by atoms with E-state index < -0.39 is 0 Å². The van der Waals surface area contributed by atoms with Crippen LogP contribution in [0.2, 0.25) is 0 Å². The minimum absolute atomic E-state index is 0.0625. The fraction of sp³-hybridized carbons (Fsp3) is 0.200. The number of para-hydroxylation sites is 2. The number of ether oxygens (including phenoxy) is 1. The molecule has 26 heavy (non-hydrogen) atoms. The van der Waals surface area contributed by atoms with Crippen molar-refractivity contribution in [3.8, 4) is 5.75 Å². The molecule has 2 heterocycles. The maximum atomic E-state index is 13.2. The Kier molecular flexibility index (Phi) is 4.95. The van der Waals surface area contributed by atoms with Crippen LogP contribution in [0.1, 0.15) is 17.3 Å². The minimum Gasteiger partial charge on any atom is -0.489 e. The minimum atomic E-state index is -0.128. The van der Waals surface area contributed by atoms with E-state index in [2.05, 4.69) is 4.98 Å². The van der Waals surface area contributed by atoms with Crippen molar-refractivity contribution in [1.29, 1.82) is 0 Å². The largest absolute Gasteiger partial charge is 0.489 e. The normalized spacial score (nSPS) is 16.0. The topological polar surface area (TPSA) is 42.4 Å². The van der Waals surface area contributed by atoms with E-state index in [9.17, 15) is 4.79 Å². The highest BCUT2D eigenvalue weighted by atomic mass is 32.2. The molecule has 2 aromatic carbocycles. The van der Waals surface area contributed by atoms with Crippen LogP contribution in [-0.2, 0) is 4.79 Å². The van der Waals surface area contributed by atoms with E-state index >= 15 is 0 Å². The lowest BCUT2D eigenvalue weighted by Crippen LogP contribution is -2.42. The highest BCUT2D eigenvalue weighted by Gasteiger charge is 2.33. The van der Waals surface area contributed by atoms with E-state index in [1.165, 1.54) is 11.8 Å². The Hall–Kier alpha value is -2.31. The van der Waals surface area contributed by atoms with Crippen LogP contribution in [0.25, 0.3) is 0 Å². The molecule has 1 aromatic heterocycles. The maximum absolute atomic E-state index is 13.2. The van der Waals surface area contributed by atoms with Crippen molar-refractivity contribution < 1.29 is 9.53 Å². The Morgan fingerprint density at radius 3 is 2.77 bits per heavy atom. The van der Waals surface area contributed by atoms with E-state index in [1.807, 2.05) is 71.8 Å². The van der Waals surface area contributed by atoms with Crippen LogP contribution in [0.15, 0.2) is 64.3 Å². The van der Waals surface area contributed by atoms with Gasteiger partial charge in [0.25, 0.3) is 0 Å². The second-order valence-electron chi connectivity index (χ2n) is 6.01. The zero-order chi connectivity index (χ0) is 17.9. The Morgan fingerprint density at radius 2 is 2.00 bits per heavy atom. The number of carbonyl (C=O) groups excluding carboxylic acids is 1. The average Bonchev–Trinajstić information content (AvgIpc) is 3.11. The molecule has 0 unspecified atom stereocenters. The molecule has 0 bridgehead atoms. The van der Waals surface area contributed by atoms with Crippen LogP contribution in [0, 0.1) is 6.92 Å². The van der Waals surface area contributed by atoms with Crippen molar-refractivity contribution >= 4 is 34.7 Å². The number of anilines is 1. The summed E-state index contributed by atoms with van der Waals surface area (Å²) in [6.45, 7) is 2.42. The molecule has 6 heteroatoms. The molecule has 0 radical (unpaired) electrons. The average molecular weight is 383 g/mol. The Labute approximate surface area is 160 Å². The van der Waals surface area contributed by atoms with Gasteiger partial charge in [-0.1, -0.05) is 54.2 Å². The van der Waals surface area contributed by atoms with Crippen LogP contribution in [-0.4, -0.2) is 23.3 Å². The predicted molar refractivity (Wildman–Crippen MR) is 106 cm³/mol. The summed E-state index contributed by atoms with van der Waals surface area (Å²) in [5, 5.41) is 2.00. The summed E-state index contributed by atoms with van der Waals surface area (Å²) < 4.78 is 6.85. The summed E-state index contributed by atoms with van der Waals surface area (Å²) >= 11 is 3.07.